The molecule has 160 valence electrons. The van der Waals surface area contributed by atoms with Crippen molar-refractivity contribution in [3.63, 3.8) is 0 Å². The maximum atomic E-state index is 12.3. The van der Waals surface area contributed by atoms with E-state index < -0.39 is 5.60 Å². The number of carbonyl (C=O) groups is 2. The van der Waals surface area contributed by atoms with Crippen LogP contribution in [0.4, 0.5) is 4.79 Å². The smallest absolute Gasteiger partial charge is 0.410 e. The van der Waals surface area contributed by atoms with E-state index in [-0.39, 0.29) is 30.6 Å². The maximum absolute atomic E-state index is 12.3. The molecule has 2 amide bonds. The molecule has 1 aromatic rings. The molecular weight excluding hydrogens is 392 g/mol. The maximum Gasteiger partial charge on any atom is 0.410 e. The average Bonchev–Trinajstić information content (AvgIpc) is 3.02. The minimum absolute atomic E-state index is 0.0238. The third-order valence-corrected chi connectivity index (χ3v) is 5.51. The number of amides is 2. The van der Waals surface area contributed by atoms with Crippen LogP contribution >= 0.6 is 11.6 Å². The summed E-state index contributed by atoms with van der Waals surface area (Å²) in [6.45, 7) is 7.40. The van der Waals surface area contributed by atoms with Gasteiger partial charge in [0.2, 0.25) is 5.91 Å². The van der Waals surface area contributed by atoms with Crippen molar-refractivity contribution in [2.45, 2.75) is 58.1 Å². The largest absolute Gasteiger partial charge is 0.444 e. The summed E-state index contributed by atoms with van der Waals surface area (Å²) in [4.78, 5) is 26.3. The van der Waals surface area contributed by atoms with Crippen molar-refractivity contribution in [2.75, 3.05) is 26.3 Å². The van der Waals surface area contributed by atoms with Crippen molar-refractivity contribution < 1.29 is 19.1 Å². The molecule has 29 heavy (non-hydrogen) atoms. The van der Waals surface area contributed by atoms with Crippen molar-refractivity contribution in [2.24, 2.45) is 5.92 Å². The fraction of sp³-hybridized carbons (Fsp3) is 0.636. The molecule has 0 bridgehead atoms. The van der Waals surface area contributed by atoms with E-state index in [9.17, 15) is 9.59 Å². The van der Waals surface area contributed by atoms with E-state index in [4.69, 9.17) is 21.1 Å². The SMILES string of the molecule is CC(C)(C)OC(=O)N1CCC[C@@H](COCC(=O)N[C@@H]2CCc3cc(Cl)ccc32)C1. The van der Waals surface area contributed by atoms with Gasteiger partial charge in [0.15, 0.2) is 0 Å². The molecule has 1 aromatic carbocycles. The molecule has 1 heterocycles. The van der Waals surface area contributed by atoms with Crippen molar-refractivity contribution >= 4 is 23.6 Å². The molecule has 1 N–H and O–H groups in total. The van der Waals surface area contributed by atoms with Crippen LogP contribution in [0.15, 0.2) is 18.2 Å². The number of hydrogen-bond donors (Lipinski definition) is 1. The Hall–Kier alpha value is -1.79. The summed E-state index contributed by atoms with van der Waals surface area (Å²) in [5, 5.41) is 3.78. The normalized spacial score (nSPS) is 21.6. The van der Waals surface area contributed by atoms with Crippen LogP contribution < -0.4 is 5.32 Å². The van der Waals surface area contributed by atoms with E-state index in [1.165, 1.54) is 5.56 Å². The predicted molar refractivity (Wildman–Crippen MR) is 112 cm³/mol. The van der Waals surface area contributed by atoms with Crippen molar-refractivity contribution in [1.82, 2.24) is 10.2 Å². The molecule has 0 spiro atoms. The number of likely N-dealkylation sites (tertiary alicyclic amines) is 1. The Bertz CT molecular complexity index is 747. The average molecular weight is 423 g/mol. The molecule has 0 aromatic heterocycles. The second-order valence-electron chi connectivity index (χ2n) is 8.95. The van der Waals surface area contributed by atoms with Gasteiger partial charge in [-0.2, -0.15) is 0 Å². The number of benzene rings is 1. The van der Waals surface area contributed by atoms with E-state index in [2.05, 4.69) is 5.32 Å². The number of rotatable bonds is 5. The lowest BCUT2D eigenvalue weighted by molar-refractivity contribution is -0.127. The zero-order valence-corrected chi connectivity index (χ0v) is 18.3. The van der Waals surface area contributed by atoms with Gasteiger partial charge in [0, 0.05) is 24.0 Å². The summed E-state index contributed by atoms with van der Waals surface area (Å²) in [5.41, 5.74) is 1.85. The standard InChI is InChI=1S/C22H31ClN2O4/c1-22(2,3)29-21(27)25-10-4-5-15(12-25)13-28-14-20(26)24-19-9-6-16-11-17(23)7-8-18(16)19/h7-8,11,15,19H,4-6,9-10,12-14H2,1-3H3,(H,24,26)/t15-,19-/m1/s1. The Morgan fingerprint density at radius 2 is 2.07 bits per heavy atom. The van der Waals surface area contributed by atoms with E-state index in [1.807, 2.05) is 39.0 Å². The first-order chi connectivity index (χ1) is 13.7. The van der Waals surface area contributed by atoms with Crippen LogP contribution in [-0.4, -0.2) is 48.8 Å². The van der Waals surface area contributed by atoms with Gasteiger partial charge in [-0.1, -0.05) is 17.7 Å². The number of carbonyl (C=O) groups excluding carboxylic acids is 2. The number of ether oxygens (including phenoxy) is 2. The van der Waals surface area contributed by atoms with E-state index in [1.54, 1.807) is 4.90 Å². The Kier molecular flexibility index (Phi) is 7.06. The molecule has 7 heteroatoms. The molecule has 1 fully saturated rings. The molecule has 0 saturated carbocycles. The summed E-state index contributed by atoms with van der Waals surface area (Å²) in [5.74, 6) is 0.107. The zero-order valence-electron chi connectivity index (χ0n) is 17.5. The Labute approximate surface area is 177 Å². The summed E-state index contributed by atoms with van der Waals surface area (Å²) < 4.78 is 11.1. The minimum atomic E-state index is -0.497. The molecule has 1 aliphatic heterocycles. The van der Waals surface area contributed by atoms with Crippen LogP contribution in [0.5, 0.6) is 0 Å². The molecule has 3 rings (SSSR count). The van der Waals surface area contributed by atoms with Crippen molar-refractivity contribution in [3.8, 4) is 0 Å². The van der Waals surface area contributed by atoms with E-state index in [0.717, 1.165) is 36.3 Å². The quantitative estimate of drug-likeness (QED) is 0.775. The van der Waals surface area contributed by atoms with Crippen molar-refractivity contribution in [3.05, 3.63) is 34.3 Å². The second kappa shape index (κ2) is 9.35. The summed E-state index contributed by atoms with van der Waals surface area (Å²) in [6, 6.07) is 5.85. The number of halogens is 1. The third kappa shape index (κ3) is 6.34. The highest BCUT2D eigenvalue weighted by atomic mass is 35.5. The van der Waals surface area contributed by atoms with Crippen LogP contribution in [0.1, 0.15) is 57.2 Å². The first kappa shape index (κ1) is 21.9. The fourth-order valence-corrected chi connectivity index (χ4v) is 4.18. The van der Waals surface area contributed by atoms with Gasteiger partial charge in [-0.05, 0) is 69.7 Å². The van der Waals surface area contributed by atoms with Gasteiger partial charge in [-0.15, -0.1) is 0 Å². The lowest BCUT2D eigenvalue weighted by Gasteiger charge is -2.34. The fourth-order valence-electron chi connectivity index (χ4n) is 3.98. The number of fused-ring (bicyclic) bond motifs is 1. The molecule has 1 saturated heterocycles. The number of nitrogens with zero attached hydrogens (tertiary/aromatic N) is 1. The Morgan fingerprint density at radius 3 is 2.83 bits per heavy atom. The molecular formula is C22H31ClN2O4. The van der Waals surface area contributed by atoms with Crippen molar-refractivity contribution in [1.29, 1.82) is 0 Å². The first-order valence-electron chi connectivity index (χ1n) is 10.3. The van der Waals surface area contributed by atoms with Crippen LogP contribution in [0, 0.1) is 5.92 Å². The number of aryl methyl sites for hydroxylation is 1. The molecule has 0 radical (unpaired) electrons. The summed E-state index contributed by atoms with van der Waals surface area (Å²) >= 11 is 6.04. The number of hydrogen-bond acceptors (Lipinski definition) is 4. The third-order valence-electron chi connectivity index (χ3n) is 5.28. The van der Waals surface area contributed by atoms with E-state index in [0.29, 0.717) is 19.7 Å². The number of piperidine rings is 1. The lowest BCUT2D eigenvalue weighted by atomic mass is 9.99. The monoisotopic (exact) mass is 422 g/mol. The minimum Gasteiger partial charge on any atom is -0.444 e. The van der Waals surface area contributed by atoms with Gasteiger partial charge in [0.05, 0.1) is 12.6 Å². The first-order valence-corrected chi connectivity index (χ1v) is 10.7. The molecule has 1 aliphatic carbocycles. The topological polar surface area (TPSA) is 67.9 Å². The number of nitrogens with one attached hydrogen (secondary N) is 1. The summed E-state index contributed by atoms with van der Waals surface area (Å²) in [7, 11) is 0. The highest BCUT2D eigenvalue weighted by molar-refractivity contribution is 6.30. The van der Waals surface area contributed by atoms with Crippen LogP contribution in [0.25, 0.3) is 0 Å². The van der Waals surface area contributed by atoms with Gasteiger partial charge in [-0.25, -0.2) is 4.79 Å². The zero-order chi connectivity index (χ0) is 21.0. The van der Waals surface area contributed by atoms with E-state index >= 15 is 0 Å². The summed E-state index contributed by atoms with van der Waals surface area (Å²) in [6.07, 6.45) is 3.43. The molecule has 2 aliphatic rings. The van der Waals surface area contributed by atoms with Gasteiger partial charge in [0.1, 0.15) is 12.2 Å². The Balaban J connectivity index is 1.40. The van der Waals surface area contributed by atoms with Crippen LogP contribution in [0.3, 0.4) is 0 Å². The van der Waals surface area contributed by atoms with Gasteiger partial charge in [0.25, 0.3) is 0 Å². The van der Waals surface area contributed by atoms with Crippen LogP contribution in [0.2, 0.25) is 5.02 Å². The lowest BCUT2D eigenvalue weighted by Crippen LogP contribution is -2.44. The van der Waals surface area contributed by atoms with Gasteiger partial charge >= 0.3 is 6.09 Å². The van der Waals surface area contributed by atoms with Crippen LogP contribution in [-0.2, 0) is 20.7 Å². The molecule has 6 nitrogen and oxygen atoms in total. The van der Waals surface area contributed by atoms with Gasteiger partial charge < -0.3 is 19.7 Å². The molecule has 2 atom stereocenters. The molecule has 0 unspecified atom stereocenters. The highest BCUT2D eigenvalue weighted by Crippen LogP contribution is 2.32. The Morgan fingerprint density at radius 1 is 1.28 bits per heavy atom. The second-order valence-corrected chi connectivity index (χ2v) is 9.39. The predicted octanol–water partition coefficient (Wildman–Crippen LogP) is 4.11. The highest BCUT2D eigenvalue weighted by Gasteiger charge is 2.28. The van der Waals surface area contributed by atoms with Gasteiger partial charge in [-0.3, -0.25) is 4.79 Å².